The lowest BCUT2D eigenvalue weighted by Gasteiger charge is -2.35. The Bertz CT molecular complexity index is 470. The van der Waals surface area contributed by atoms with Crippen LogP contribution in [-0.4, -0.2) is 23.5 Å². The molecule has 0 spiro atoms. The largest absolute Gasteiger partial charge is 0.345 e. The van der Waals surface area contributed by atoms with E-state index < -0.39 is 0 Å². The van der Waals surface area contributed by atoms with Crippen LogP contribution in [0.15, 0.2) is 24.3 Å². The molecular formula is C18H27O2P. The van der Waals surface area contributed by atoms with Crippen LogP contribution in [0.5, 0.6) is 0 Å². The maximum absolute atomic E-state index is 6.10. The van der Waals surface area contributed by atoms with E-state index in [1.165, 1.54) is 23.7 Å². The zero-order chi connectivity index (χ0) is 15.0. The van der Waals surface area contributed by atoms with Crippen molar-refractivity contribution in [3.63, 3.8) is 0 Å². The van der Waals surface area contributed by atoms with Crippen LogP contribution in [0.4, 0.5) is 0 Å². The molecule has 116 valence electrons. The van der Waals surface area contributed by atoms with Crippen molar-refractivity contribution in [2.24, 2.45) is 0 Å². The molecule has 0 bridgehead atoms. The third-order valence-electron chi connectivity index (χ3n) is 4.80. The first-order valence-electron chi connectivity index (χ1n) is 8.24. The van der Waals surface area contributed by atoms with E-state index in [0.717, 1.165) is 17.7 Å². The highest BCUT2D eigenvalue weighted by molar-refractivity contribution is 7.67. The molecule has 0 aliphatic carbocycles. The molecule has 2 nitrogen and oxygen atoms in total. The average molecular weight is 306 g/mol. The number of ether oxygens (including phenoxy) is 2. The van der Waals surface area contributed by atoms with Crippen molar-refractivity contribution >= 4 is 13.2 Å². The number of rotatable bonds is 2. The van der Waals surface area contributed by atoms with Gasteiger partial charge in [-0.2, -0.15) is 0 Å². The Morgan fingerprint density at radius 1 is 0.905 bits per heavy atom. The third-order valence-corrected chi connectivity index (χ3v) is 8.18. The highest BCUT2D eigenvalue weighted by atomic mass is 31.1. The fourth-order valence-corrected chi connectivity index (χ4v) is 7.18. The predicted octanol–water partition coefficient (Wildman–Crippen LogP) is 4.58. The lowest BCUT2D eigenvalue weighted by molar-refractivity contribution is -0.238. The summed E-state index contributed by atoms with van der Waals surface area (Å²) >= 11 is 0. The van der Waals surface area contributed by atoms with Crippen molar-refractivity contribution in [2.75, 3.05) is 0 Å². The van der Waals surface area contributed by atoms with Gasteiger partial charge in [0.15, 0.2) is 6.29 Å². The molecule has 3 rings (SSSR count). The minimum Gasteiger partial charge on any atom is -0.345 e. The molecule has 3 heteroatoms. The maximum Gasteiger partial charge on any atom is 0.185 e. The second-order valence-corrected chi connectivity index (χ2v) is 9.76. The fraction of sp³-hybridized carbons (Fsp3) is 0.667. The highest BCUT2D eigenvalue weighted by Gasteiger charge is 2.35. The van der Waals surface area contributed by atoms with Gasteiger partial charge in [-0.1, -0.05) is 46.0 Å². The summed E-state index contributed by atoms with van der Waals surface area (Å²) in [6, 6.07) is 8.83. The van der Waals surface area contributed by atoms with Crippen molar-refractivity contribution in [3.05, 3.63) is 29.8 Å². The lowest BCUT2D eigenvalue weighted by atomic mass is 10.1. The first-order valence-corrected chi connectivity index (χ1v) is 9.72. The topological polar surface area (TPSA) is 18.5 Å². The number of benzene rings is 1. The van der Waals surface area contributed by atoms with E-state index in [-0.39, 0.29) is 26.4 Å². The standard InChI is InChI=1S/C18H27O2P/c1-12-11-13(2)20-18(19-12)16-7-5-6-8-17(16)21-14(3)9-10-15(21)4/h5-8,12-15,18H,9-11H2,1-4H3/t12-,13-,14-,15-/m0/s1. The minimum atomic E-state index is -0.178. The van der Waals surface area contributed by atoms with Crippen molar-refractivity contribution < 1.29 is 9.47 Å². The van der Waals surface area contributed by atoms with Crippen LogP contribution >= 0.6 is 7.92 Å². The van der Waals surface area contributed by atoms with Crippen molar-refractivity contribution in [1.29, 1.82) is 0 Å². The molecule has 0 saturated carbocycles. The Morgan fingerprint density at radius 3 is 2.10 bits per heavy atom. The summed E-state index contributed by atoms with van der Waals surface area (Å²) in [5, 5.41) is 1.51. The summed E-state index contributed by atoms with van der Waals surface area (Å²) in [5.74, 6) is 0. The molecule has 0 unspecified atom stereocenters. The van der Waals surface area contributed by atoms with Gasteiger partial charge in [0.05, 0.1) is 12.2 Å². The third kappa shape index (κ3) is 3.18. The van der Waals surface area contributed by atoms with Gasteiger partial charge in [-0.05, 0) is 49.7 Å². The minimum absolute atomic E-state index is 0.0968. The molecule has 2 aliphatic rings. The number of hydrogen-bond donors (Lipinski definition) is 0. The zero-order valence-electron chi connectivity index (χ0n) is 13.6. The van der Waals surface area contributed by atoms with Gasteiger partial charge in [0.1, 0.15) is 0 Å². The van der Waals surface area contributed by atoms with E-state index in [2.05, 4.69) is 52.0 Å². The van der Waals surface area contributed by atoms with Gasteiger partial charge in [0.25, 0.3) is 0 Å². The highest BCUT2D eigenvalue weighted by Crippen LogP contribution is 2.55. The molecule has 21 heavy (non-hydrogen) atoms. The van der Waals surface area contributed by atoms with E-state index in [9.17, 15) is 0 Å². The Morgan fingerprint density at radius 2 is 1.48 bits per heavy atom. The Kier molecular flexibility index (Phi) is 4.69. The quantitative estimate of drug-likeness (QED) is 0.745. The SMILES string of the molecule is C[C@H]1C[C@H](C)OC(c2ccccc2P2[C@@H](C)CC[C@@H]2C)O1. The summed E-state index contributed by atoms with van der Waals surface area (Å²) < 4.78 is 12.2. The Balaban J connectivity index is 1.92. The van der Waals surface area contributed by atoms with Crippen LogP contribution in [0.25, 0.3) is 0 Å². The van der Waals surface area contributed by atoms with Crippen LogP contribution in [0.1, 0.15) is 58.8 Å². The molecule has 2 heterocycles. The van der Waals surface area contributed by atoms with Crippen molar-refractivity contribution in [1.82, 2.24) is 0 Å². The van der Waals surface area contributed by atoms with E-state index in [1.807, 2.05) is 0 Å². The predicted molar refractivity (Wildman–Crippen MR) is 89.6 cm³/mol. The summed E-state index contributed by atoms with van der Waals surface area (Å²) in [6.45, 7) is 9.14. The molecule has 1 aromatic carbocycles. The van der Waals surface area contributed by atoms with Crippen LogP contribution in [0.2, 0.25) is 0 Å². The van der Waals surface area contributed by atoms with Crippen LogP contribution in [0.3, 0.4) is 0 Å². The average Bonchev–Trinajstić information content (AvgIpc) is 2.77. The van der Waals surface area contributed by atoms with Crippen molar-refractivity contribution in [2.45, 2.75) is 76.8 Å². The normalized spacial score (nSPS) is 37.8. The zero-order valence-corrected chi connectivity index (χ0v) is 14.5. The van der Waals surface area contributed by atoms with Crippen LogP contribution < -0.4 is 5.30 Å². The second kappa shape index (κ2) is 6.36. The van der Waals surface area contributed by atoms with E-state index in [1.54, 1.807) is 0 Å². The van der Waals surface area contributed by atoms with Gasteiger partial charge >= 0.3 is 0 Å². The Labute approximate surface area is 130 Å². The van der Waals surface area contributed by atoms with Crippen LogP contribution in [-0.2, 0) is 9.47 Å². The van der Waals surface area contributed by atoms with Gasteiger partial charge in [-0.15, -0.1) is 0 Å². The van der Waals surface area contributed by atoms with Gasteiger partial charge < -0.3 is 9.47 Å². The molecule has 2 fully saturated rings. The monoisotopic (exact) mass is 306 g/mol. The molecule has 0 N–H and O–H groups in total. The van der Waals surface area contributed by atoms with Gasteiger partial charge in [-0.3, -0.25) is 0 Å². The first-order chi connectivity index (χ1) is 10.1. The van der Waals surface area contributed by atoms with Crippen molar-refractivity contribution in [3.8, 4) is 0 Å². The lowest BCUT2D eigenvalue weighted by Crippen LogP contribution is -2.32. The summed E-state index contributed by atoms with van der Waals surface area (Å²) in [5.41, 5.74) is 2.91. The number of hydrogen-bond acceptors (Lipinski definition) is 2. The smallest absolute Gasteiger partial charge is 0.185 e. The fourth-order valence-electron chi connectivity index (χ4n) is 3.77. The summed E-state index contributed by atoms with van der Waals surface area (Å²) in [7, 11) is -0.0968. The van der Waals surface area contributed by atoms with E-state index in [0.29, 0.717) is 0 Å². The Hall–Kier alpha value is -0.430. The molecular weight excluding hydrogens is 279 g/mol. The van der Waals surface area contributed by atoms with Gasteiger partial charge in [0, 0.05) is 5.56 Å². The molecule has 1 aromatic rings. The van der Waals surface area contributed by atoms with Gasteiger partial charge in [-0.25, -0.2) is 0 Å². The van der Waals surface area contributed by atoms with E-state index in [4.69, 9.17) is 9.47 Å². The molecule has 2 aliphatic heterocycles. The van der Waals surface area contributed by atoms with Crippen LogP contribution in [0, 0.1) is 0 Å². The molecule has 0 amide bonds. The first kappa shape index (κ1) is 15.5. The summed E-state index contributed by atoms with van der Waals surface area (Å²) in [4.78, 5) is 0. The maximum atomic E-state index is 6.10. The second-order valence-electron chi connectivity index (χ2n) is 6.70. The van der Waals surface area contributed by atoms with E-state index >= 15 is 0 Å². The molecule has 0 aromatic heterocycles. The molecule has 4 atom stereocenters. The molecule has 0 radical (unpaired) electrons. The summed E-state index contributed by atoms with van der Waals surface area (Å²) in [6.07, 6.45) is 4.08. The molecule has 2 saturated heterocycles. The van der Waals surface area contributed by atoms with Gasteiger partial charge in [0.2, 0.25) is 0 Å².